The second-order valence-electron chi connectivity index (χ2n) is 6.63. The third-order valence-corrected chi connectivity index (χ3v) is 3.48. The molecule has 26 heavy (non-hydrogen) atoms. The quantitative estimate of drug-likeness (QED) is 0.650. The first kappa shape index (κ1) is 21.5. The molecule has 2 N–H and O–H groups in total. The molecular formula is C19H28N2O5. The SMILES string of the molecule is Cc1ccc(C(C)C)cc1OCC(=O)OCC(=O)NCC(=O)NC(C)C. The smallest absolute Gasteiger partial charge is 0.344 e. The number of rotatable bonds is 9. The van der Waals surface area contributed by atoms with Crippen LogP contribution < -0.4 is 15.4 Å². The number of hydrogen-bond donors (Lipinski definition) is 2. The van der Waals surface area contributed by atoms with Crippen LogP contribution in [0.3, 0.4) is 0 Å². The van der Waals surface area contributed by atoms with E-state index in [9.17, 15) is 14.4 Å². The molecule has 1 rings (SSSR count). The van der Waals surface area contributed by atoms with Gasteiger partial charge >= 0.3 is 5.97 Å². The van der Waals surface area contributed by atoms with E-state index in [1.807, 2.05) is 39.0 Å². The Bertz CT molecular complexity index is 641. The summed E-state index contributed by atoms with van der Waals surface area (Å²) in [4.78, 5) is 34.7. The summed E-state index contributed by atoms with van der Waals surface area (Å²) in [5.41, 5.74) is 2.02. The summed E-state index contributed by atoms with van der Waals surface area (Å²) in [7, 11) is 0. The molecule has 0 spiro atoms. The first-order valence-electron chi connectivity index (χ1n) is 8.64. The fourth-order valence-corrected chi connectivity index (χ4v) is 2.06. The van der Waals surface area contributed by atoms with Crippen molar-refractivity contribution in [3.05, 3.63) is 29.3 Å². The summed E-state index contributed by atoms with van der Waals surface area (Å²) in [5, 5.41) is 5.01. The zero-order chi connectivity index (χ0) is 19.7. The molecule has 0 radical (unpaired) electrons. The predicted octanol–water partition coefficient (Wildman–Crippen LogP) is 1.68. The first-order chi connectivity index (χ1) is 12.2. The Kier molecular flexibility index (Phi) is 8.61. The monoisotopic (exact) mass is 364 g/mol. The standard InChI is InChI=1S/C19H28N2O5/c1-12(2)15-7-6-14(5)16(8-15)25-11-19(24)26-10-18(23)20-9-17(22)21-13(3)4/h6-8,12-13H,9-11H2,1-5H3,(H,20,23)(H,21,22). The normalized spacial score (nSPS) is 10.6. The molecule has 7 heteroatoms. The molecule has 0 heterocycles. The lowest BCUT2D eigenvalue weighted by Crippen LogP contribution is -2.41. The minimum Gasteiger partial charge on any atom is -0.482 e. The molecule has 0 fully saturated rings. The molecule has 0 aliphatic carbocycles. The molecule has 0 aromatic heterocycles. The fourth-order valence-electron chi connectivity index (χ4n) is 2.06. The highest BCUT2D eigenvalue weighted by Gasteiger charge is 2.12. The van der Waals surface area contributed by atoms with Crippen LogP contribution in [0.25, 0.3) is 0 Å². The van der Waals surface area contributed by atoms with Crippen molar-refractivity contribution < 1.29 is 23.9 Å². The van der Waals surface area contributed by atoms with Gasteiger partial charge in [-0.25, -0.2) is 4.79 Å². The molecule has 1 aromatic rings. The van der Waals surface area contributed by atoms with Crippen LogP contribution in [0.1, 0.15) is 44.7 Å². The number of nitrogens with one attached hydrogen (secondary N) is 2. The van der Waals surface area contributed by atoms with Gasteiger partial charge in [0.2, 0.25) is 5.91 Å². The maximum Gasteiger partial charge on any atom is 0.344 e. The average molecular weight is 364 g/mol. The second kappa shape index (κ2) is 10.4. The lowest BCUT2D eigenvalue weighted by molar-refractivity contribution is -0.150. The maximum absolute atomic E-state index is 11.7. The van der Waals surface area contributed by atoms with Crippen LogP contribution in [-0.2, 0) is 19.1 Å². The third-order valence-electron chi connectivity index (χ3n) is 3.48. The number of ether oxygens (including phenoxy) is 2. The molecule has 0 atom stereocenters. The highest BCUT2D eigenvalue weighted by atomic mass is 16.6. The van der Waals surface area contributed by atoms with Gasteiger partial charge in [0.1, 0.15) is 5.75 Å². The van der Waals surface area contributed by atoms with Crippen molar-refractivity contribution in [1.29, 1.82) is 0 Å². The van der Waals surface area contributed by atoms with Crippen molar-refractivity contribution in [2.75, 3.05) is 19.8 Å². The van der Waals surface area contributed by atoms with E-state index in [4.69, 9.17) is 9.47 Å². The molecule has 1 aromatic carbocycles. The molecule has 0 unspecified atom stereocenters. The summed E-state index contributed by atoms with van der Waals surface area (Å²) >= 11 is 0. The minimum absolute atomic E-state index is 0.00738. The Morgan fingerprint density at radius 3 is 2.35 bits per heavy atom. The summed E-state index contributed by atoms with van der Waals surface area (Å²) in [6.07, 6.45) is 0. The van der Waals surface area contributed by atoms with Crippen molar-refractivity contribution in [3.8, 4) is 5.75 Å². The molecule has 7 nitrogen and oxygen atoms in total. The van der Waals surface area contributed by atoms with Crippen molar-refractivity contribution in [3.63, 3.8) is 0 Å². The van der Waals surface area contributed by atoms with E-state index in [2.05, 4.69) is 24.5 Å². The number of carbonyl (C=O) groups excluding carboxylic acids is 3. The Balaban J connectivity index is 2.35. The van der Waals surface area contributed by atoms with Crippen LogP contribution in [0.15, 0.2) is 18.2 Å². The van der Waals surface area contributed by atoms with Gasteiger partial charge in [0.25, 0.3) is 5.91 Å². The van der Waals surface area contributed by atoms with Gasteiger partial charge in [-0.3, -0.25) is 9.59 Å². The van der Waals surface area contributed by atoms with Gasteiger partial charge in [0.05, 0.1) is 6.54 Å². The van der Waals surface area contributed by atoms with Gasteiger partial charge < -0.3 is 20.1 Å². The summed E-state index contributed by atoms with van der Waals surface area (Å²) in [6.45, 7) is 8.77. The third kappa shape index (κ3) is 8.00. The lowest BCUT2D eigenvalue weighted by Gasteiger charge is -2.12. The number of aryl methyl sites for hydroxylation is 1. The largest absolute Gasteiger partial charge is 0.482 e. The van der Waals surface area contributed by atoms with Crippen molar-refractivity contribution in [1.82, 2.24) is 10.6 Å². The molecule has 2 amide bonds. The van der Waals surface area contributed by atoms with Crippen LogP contribution >= 0.6 is 0 Å². The lowest BCUT2D eigenvalue weighted by atomic mass is 10.0. The van der Waals surface area contributed by atoms with Gasteiger partial charge in [0.15, 0.2) is 13.2 Å². The van der Waals surface area contributed by atoms with Crippen molar-refractivity contribution >= 4 is 17.8 Å². The fraction of sp³-hybridized carbons (Fsp3) is 0.526. The number of hydrogen-bond acceptors (Lipinski definition) is 5. The van der Waals surface area contributed by atoms with Crippen LogP contribution in [0.4, 0.5) is 0 Å². The first-order valence-corrected chi connectivity index (χ1v) is 8.64. The zero-order valence-corrected chi connectivity index (χ0v) is 16.0. The Hall–Kier alpha value is -2.57. The minimum atomic E-state index is -0.652. The van der Waals surface area contributed by atoms with Crippen molar-refractivity contribution in [2.45, 2.75) is 46.6 Å². The Labute approximate surface area is 154 Å². The molecule has 0 aliphatic heterocycles. The molecule has 144 valence electrons. The molecule has 0 saturated heterocycles. The van der Waals surface area contributed by atoms with E-state index >= 15 is 0 Å². The number of carbonyl (C=O) groups is 3. The highest BCUT2D eigenvalue weighted by Crippen LogP contribution is 2.24. The molecule has 0 aliphatic rings. The summed E-state index contributed by atoms with van der Waals surface area (Å²) < 4.78 is 10.3. The Morgan fingerprint density at radius 1 is 1.04 bits per heavy atom. The van der Waals surface area contributed by atoms with Crippen LogP contribution in [0.2, 0.25) is 0 Å². The van der Waals surface area contributed by atoms with Gasteiger partial charge in [-0.15, -0.1) is 0 Å². The van der Waals surface area contributed by atoms with E-state index in [1.54, 1.807) is 0 Å². The molecular weight excluding hydrogens is 336 g/mol. The Morgan fingerprint density at radius 2 is 1.73 bits per heavy atom. The summed E-state index contributed by atoms with van der Waals surface area (Å²) in [6, 6.07) is 5.84. The predicted molar refractivity (Wildman–Crippen MR) is 98.0 cm³/mol. The summed E-state index contributed by atoms with van der Waals surface area (Å²) in [5.74, 6) is -0.538. The van der Waals surface area contributed by atoms with Gasteiger partial charge in [-0.2, -0.15) is 0 Å². The van der Waals surface area contributed by atoms with Crippen LogP contribution in [-0.4, -0.2) is 43.6 Å². The maximum atomic E-state index is 11.7. The average Bonchev–Trinajstić information content (AvgIpc) is 2.56. The highest BCUT2D eigenvalue weighted by molar-refractivity contribution is 5.86. The van der Waals surface area contributed by atoms with E-state index in [0.717, 1.165) is 11.1 Å². The number of esters is 1. The van der Waals surface area contributed by atoms with Gasteiger partial charge in [0, 0.05) is 6.04 Å². The second-order valence-corrected chi connectivity index (χ2v) is 6.63. The van der Waals surface area contributed by atoms with E-state index in [-0.39, 0.29) is 25.1 Å². The zero-order valence-electron chi connectivity index (χ0n) is 16.0. The van der Waals surface area contributed by atoms with Crippen LogP contribution in [0, 0.1) is 6.92 Å². The van der Waals surface area contributed by atoms with Crippen LogP contribution in [0.5, 0.6) is 5.75 Å². The number of amides is 2. The van der Waals surface area contributed by atoms with E-state index in [1.165, 1.54) is 0 Å². The molecule has 0 saturated carbocycles. The topological polar surface area (TPSA) is 93.7 Å². The number of benzene rings is 1. The van der Waals surface area contributed by atoms with Crippen molar-refractivity contribution in [2.24, 2.45) is 0 Å². The molecule has 0 bridgehead atoms. The van der Waals surface area contributed by atoms with Gasteiger partial charge in [-0.05, 0) is 43.9 Å². The van der Waals surface area contributed by atoms with E-state index < -0.39 is 18.5 Å². The van der Waals surface area contributed by atoms with Gasteiger partial charge in [-0.1, -0.05) is 26.0 Å². The van der Waals surface area contributed by atoms with E-state index in [0.29, 0.717) is 11.7 Å².